The molecule has 0 spiro atoms. The molecule has 7 heteroatoms. The van der Waals surface area contributed by atoms with Crippen molar-refractivity contribution in [3.63, 3.8) is 0 Å². The van der Waals surface area contributed by atoms with E-state index in [1.54, 1.807) is 6.92 Å². The zero-order chi connectivity index (χ0) is 13.0. The van der Waals surface area contributed by atoms with Crippen LogP contribution in [-0.2, 0) is 4.79 Å². The lowest BCUT2D eigenvalue weighted by Crippen LogP contribution is -2.26. The van der Waals surface area contributed by atoms with E-state index >= 15 is 0 Å². The van der Waals surface area contributed by atoms with Crippen LogP contribution in [0.4, 0.5) is 11.4 Å². The van der Waals surface area contributed by atoms with Crippen LogP contribution in [0.5, 0.6) is 0 Å². The summed E-state index contributed by atoms with van der Waals surface area (Å²) in [7, 11) is 0. The topological polar surface area (TPSA) is 98.3 Å². The molecule has 0 aliphatic carbocycles. The fraction of sp³-hybridized carbons (Fsp3) is 0.300. The van der Waals surface area contributed by atoms with Crippen LogP contribution < -0.4 is 11.1 Å². The number of anilines is 1. The van der Waals surface area contributed by atoms with Crippen molar-refractivity contribution in [2.24, 2.45) is 11.7 Å². The third-order valence-corrected chi connectivity index (χ3v) is 2.45. The SMILES string of the molecule is CC(CN)C(=O)Nc1cc(Cl)ccc1[N+](=O)[O-]. The van der Waals surface area contributed by atoms with Crippen molar-refractivity contribution >= 4 is 28.9 Å². The highest BCUT2D eigenvalue weighted by atomic mass is 35.5. The quantitative estimate of drug-likeness (QED) is 0.634. The van der Waals surface area contributed by atoms with Crippen molar-refractivity contribution in [1.29, 1.82) is 0 Å². The van der Waals surface area contributed by atoms with E-state index in [2.05, 4.69) is 5.32 Å². The van der Waals surface area contributed by atoms with Crippen LogP contribution in [0.3, 0.4) is 0 Å². The minimum atomic E-state index is -0.584. The molecule has 1 aromatic rings. The van der Waals surface area contributed by atoms with E-state index in [-0.39, 0.29) is 23.8 Å². The van der Waals surface area contributed by atoms with Crippen LogP contribution in [0.1, 0.15) is 6.92 Å². The summed E-state index contributed by atoms with van der Waals surface area (Å²) in [5, 5.41) is 13.5. The van der Waals surface area contributed by atoms with Gasteiger partial charge in [-0.1, -0.05) is 18.5 Å². The number of rotatable bonds is 4. The summed E-state index contributed by atoms with van der Waals surface area (Å²) in [4.78, 5) is 21.7. The van der Waals surface area contributed by atoms with Gasteiger partial charge in [0.2, 0.25) is 5.91 Å². The molecular formula is C10H12ClN3O3. The van der Waals surface area contributed by atoms with E-state index < -0.39 is 10.8 Å². The molecule has 0 fully saturated rings. The van der Waals surface area contributed by atoms with Crippen LogP contribution in [0.25, 0.3) is 0 Å². The van der Waals surface area contributed by atoms with Gasteiger partial charge in [-0.2, -0.15) is 0 Å². The maximum absolute atomic E-state index is 11.6. The number of nitrogens with one attached hydrogen (secondary N) is 1. The minimum Gasteiger partial charge on any atom is -0.330 e. The van der Waals surface area contributed by atoms with Gasteiger partial charge in [-0.05, 0) is 12.1 Å². The lowest BCUT2D eigenvalue weighted by atomic mass is 10.1. The number of carbonyl (C=O) groups is 1. The van der Waals surface area contributed by atoms with Crippen molar-refractivity contribution in [2.75, 3.05) is 11.9 Å². The minimum absolute atomic E-state index is 0.0767. The second-order valence-corrected chi connectivity index (χ2v) is 3.98. The van der Waals surface area contributed by atoms with Crippen molar-refractivity contribution < 1.29 is 9.72 Å². The molecule has 92 valence electrons. The summed E-state index contributed by atoms with van der Waals surface area (Å²) in [6.45, 7) is 1.80. The zero-order valence-electron chi connectivity index (χ0n) is 9.14. The summed E-state index contributed by atoms with van der Waals surface area (Å²) >= 11 is 5.72. The first kappa shape index (κ1) is 13.4. The summed E-state index contributed by atoms with van der Waals surface area (Å²) in [6.07, 6.45) is 0. The Labute approximate surface area is 103 Å². The Balaban J connectivity index is 3.00. The number of amides is 1. The van der Waals surface area contributed by atoms with Crippen molar-refractivity contribution in [3.05, 3.63) is 33.3 Å². The predicted octanol–water partition coefficient (Wildman–Crippen LogP) is 1.78. The number of hydrogen-bond acceptors (Lipinski definition) is 4. The molecule has 3 N–H and O–H groups in total. The molecule has 1 unspecified atom stereocenters. The Morgan fingerprint density at radius 1 is 1.65 bits per heavy atom. The monoisotopic (exact) mass is 257 g/mol. The van der Waals surface area contributed by atoms with Gasteiger partial charge in [0.05, 0.1) is 4.92 Å². The molecule has 1 atom stereocenters. The molecule has 1 amide bonds. The lowest BCUT2D eigenvalue weighted by molar-refractivity contribution is -0.383. The molecule has 0 radical (unpaired) electrons. The van der Waals surface area contributed by atoms with Gasteiger partial charge >= 0.3 is 0 Å². The highest BCUT2D eigenvalue weighted by Gasteiger charge is 2.18. The Morgan fingerprint density at radius 3 is 2.82 bits per heavy atom. The molecule has 0 saturated carbocycles. The van der Waals surface area contributed by atoms with Crippen LogP contribution in [-0.4, -0.2) is 17.4 Å². The first-order chi connectivity index (χ1) is 7.95. The highest BCUT2D eigenvalue weighted by Crippen LogP contribution is 2.27. The van der Waals surface area contributed by atoms with E-state index in [0.29, 0.717) is 5.02 Å². The Bertz CT molecular complexity index is 450. The third kappa shape index (κ3) is 3.40. The van der Waals surface area contributed by atoms with Gasteiger partial charge < -0.3 is 11.1 Å². The Hall–Kier alpha value is -1.66. The average Bonchev–Trinajstić information content (AvgIpc) is 2.27. The smallest absolute Gasteiger partial charge is 0.292 e. The molecule has 0 aromatic heterocycles. The second-order valence-electron chi connectivity index (χ2n) is 3.54. The number of nitrogens with two attached hydrogens (primary N) is 1. The molecule has 0 aliphatic rings. The number of nitro groups is 1. The molecule has 6 nitrogen and oxygen atoms in total. The Morgan fingerprint density at radius 2 is 2.29 bits per heavy atom. The molecule has 0 aliphatic heterocycles. The summed E-state index contributed by atoms with van der Waals surface area (Å²) < 4.78 is 0. The molecule has 0 saturated heterocycles. The molecule has 17 heavy (non-hydrogen) atoms. The Kier molecular flexibility index (Phi) is 4.42. The van der Waals surface area contributed by atoms with E-state index in [4.69, 9.17) is 17.3 Å². The number of benzene rings is 1. The fourth-order valence-corrected chi connectivity index (χ4v) is 1.30. The number of hydrogen-bond donors (Lipinski definition) is 2. The molecular weight excluding hydrogens is 246 g/mol. The van der Waals surface area contributed by atoms with Gasteiger partial charge in [0.1, 0.15) is 5.69 Å². The third-order valence-electron chi connectivity index (χ3n) is 2.21. The molecule has 0 bridgehead atoms. The van der Waals surface area contributed by atoms with Gasteiger partial charge in [-0.15, -0.1) is 0 Å². The highest BCUT2D eigenvalue weighted by molar-refractivity contribution is 6.31. The summed E-state index contributed by atoms with van der Waals surface area (Å²) in [6, 6.07) is 3.97. The number of halogens is 1. The predicted molar refractivity (Wildman–Crippen MR) is 65.0 cm³/mol. The van der Waals surface area contributed by atoms with Crippen LogP contribution in [0.2, 0.25) is 5.02 Å². The second kappa shape index (κ2) is 5.60. The van der Waals surface area contributed by atoms with E-state index in [9.17, 15) is 14.9 Å². The van der Waals surface area contributed by atoms with Crippen molar-refractivity contribution in [1.82, 2.24) is 0 Å². The summed E-state index contributed by atoms with van der Waals surface area (Å²) in [5.74, 6) is -0.800. The van der Waals surface area contributed by atoms with Crippen molar-refractivity contribution in [2.45, 2.75) is 6.92 Å². The normalized spacial score (nSPS) is 11.9. The number of nitro benzene ring substituents is 1. The van der Waals surface area contributed by atoms with Gasteiger partial charge in [0.15, 0.2) is 0 Å². The van der Waals surface area contributed by atoms with Crippen molar-refractivity contribution in [3.8, 4) is 0 Å². The largest absolute Gasteiger partial charge is 0.330 e. The van der Waals surface area contributed by atoms with Gasteiger partial charge in [-0.25, -0.2) is 0 Å². The lowest BCUT2D eigenvalue weighted by Gasteiger charge is -2.10. The fourth-order valence-electron chi connectivity index (χ4n) is 1.13. The van der Waals surface area contributed by atoms with Crippen LogP contribution >= 0.6 is 11.6 Å². The van der Waals surface area contributed by atoms with E-state index in [0.717, 1.165) is 0 Å². The first-order valence-corrected chi connectivity index (χ1v) is 5.28. The molecule has 1 aromatic carbocycles. The number of carbonyl (C=O) groups excluding carboxylic acids is 1. The number of nitrogens with zero attached hydrogens (tertiary/aromatic N) is 1. The molecule has 1 rings (SSSR count). The first-order valence-electron chi connectivity index (χ1n) is 4.90. The van der Waals surface area contributed by atoms with Crippen LogP contribution in [0.15, 0.2) is 18.2 Å². The average molecular weight is 258 g/mol. The zero-order valence-corrected chi connectivity index (χ0v) is 9.90. The maximum atomic E-state index is 11.6. The van der Waals surface area contributed by atoms with E-state index in [1.807, 2.05) is 0 Å². The van der Waals surface area contributed by atoms with Gasteiger partial charge in [-0.3, -0.25) is 14.9 Å². The summed E-state index contributed by atoms with van der Waals surface area (Å²) in [5.41, 5.74) is 5.21. The standard InChI is InChI=1S/C10H12ClN3O3/c1-6(5-12)10(15)13-8-4-7(11)2-3-9(8)14(16)17/h2-4,6H,5,12H2,1H3,(H,13,15). The van der Waals surface area contributed by atoms with Gasteiger partial charge in [0.25, 0.3) is 5.69 Å². The van der Waals surface area contributed by atoms with Crippen LogP contribution in [0, 0.1) is 16.0 Å². The van der Waals surface area contributed by atoms with E-state index in [1.165, 1.54) is 18.2 Å². The maximum Gasteiger partial charge on any atom is 0.292 e. The molecule has 0 heterocycles. The van der Waals surface area contributed by atoms with Gasteiger partial charge in [0, 0.05) is 23.6 Å².